The molecule has 44 valence electrons. The summed E-state index contributed by atoms with van der Waals surface area (Å²) >= 11 is -2.40. The van der Waals surface area contributed by atoms with Gasteiger partial charge < -0.3 is 0 Å². The molecule has 0 rings (SSSR count). The van der Waals surface area contributed by atoms with Crippen molar-refractivity contribution in [2.45, 2.75) is 24.2 Å². The zero-order valence-corrected chi connectivity index (χ0v) is 7.96. The zero-order valence-electron chi connectivity index (χ0n) is 5.11. The van der Waals surface area contributed by atoms with E-state index in [2.05, 4.69) is 10.9 Å². The van der Waals surface area contributed by atoms with Crippen LogP contribution in [0.25, 0.3) is 0 Å². The van der Waals surface area contributed by atoms with Crippen molar-refractivity contribution in [3.63, 3.8) is 0 Å². The van der Waals surface area contributed by atoms with Crippen molar-refractivity contribution in [2.75, 3.05) is 0 Å². The summed E-state index contributed by atoms with van der Waals surface area (Å²) in [5, 5.41) is 0. The van der Waals surface area contributed by atoms with Gasteiger partial charge in [-0.1, -0.05) is 0 Å². The van der Waals surface area contributed by atoms with Crippen molar-refractivity contribution in [3.8, 4) is 10.4 Å². The Morgan fingerprint density at radius 3 is 2.75 bits per heavy atom. The quantitative estimate of drug-likeness (QED) is 0.515. The normalized spacial score (nSPS) is 8.00. The first-order valence-electron chi connectivity index (χ1n) is 2.80. The van der Waals surface area contributed by atoms with Crippen LogP contribution in [-0.4, -0.2) is 19.7 Å². The van der Waals surface area contributed by atoms with Crippen LogP contribution in [-0.2, 0) is 3.08 Å². The molecule has 0 aliphatic heterocycles. The van der Waals surface area contributed by atoms with Crippen molar-refractivity contribution in [2.24, 2.45) is 0 Å². The Labute approximate surface area is 57.6 Å². The monoisotopic (exact) mass is 218 g/mol. The zero-order chi connectivity index (χ0) is 6.41. The number of hydrogen-bond donors (Lipinski definition) is 0. The fraction of sp³-hybridized carbons (Fsp3) is 0.667. The standard InChI is InChI=1S/C4H9.C2H.O.Sn/c1-3-4-2;1-2;;/h1,3-4H2,2H3;1H;;. The molecule has 0 radical (unpaired) electrons. The summed E-state index contributed by atoms with van der Waals surface area (Å²) in [6.07, 6.45) is 7.09. The van der Waals surface area contributed by atoms with Gasteiger partial charge in [0.2, 0.25) is 0 Å². The first kappa shape index (κ1) is 8.16. The predicted octanol–water partition coefficient (Wildman–Crippen LogP) is 1.38. The van der Waals surface area contributed by atoms with E-state index in [9.17, 15) is 3.08 Å². The van der Waals surface area contributed by atoms with E-state index in [1.807, 2.05) is 0 Å². The molecule has 0 amide bonds. The van der Waals surface area contributed by atoms with Gasteiger partial charge in [0.15, 0.2) is 0 Å². The third-order valence-corrected chi connectivity index (χ3v) is 4.14. The van der Waals surface area contributed by atoms with Gasteiger partial charge in [-0.2, -0.15) is 0 Å². The first-order valence-corrected chi connectivity index (χ1v) is 7.41. The number of unbranched alkanes of at least 4 members (excludes halogenated alkanes) is 1. The van der Waals surface area contributed by atoms with Crippen LogP contribution < -0.4 is 0 Å². The van der Waals surface area contributed by atoms with Gasteiger partial charge in [0.25, 0.3) is 0 Å². The SMILES string of the molecule is C#[C][Sn](=[O])[CH2]CCC. The Bertz CT molecular complexity index is 112. The molecule has 0 heterocycles. The second-order valence-electron chi connectivity index (χ2n) is 1.67. The summed E-state index contributed by atoms with van der Waals surface area (Å²) in [5.74, 6) is 0. The Morgan fingerprint density at radius 1 is 1.75 bits per heavy atom. The third-order valence-electron chi connectivity index (χ3n) is 0.918. The van der Waals surface area contributed by atoms with Gasteiger partial charge >= 0.3 is 57.4 Å². The molecule has 0 unspecified atom stereocenters. The van der Waals surface area contributed by atoms with Crippen LogP contribution in [0.2, 0.25) is 4.44 Å². The number of hydrogen-bond acceptors (Lipinski definition) is 1. The molecule has 0 N–H and O–H groups in total. The van der Waals surface area contributed by atoms with E-state index < -0.39 is 19.7 Å². The molecular weight excluding hydrogens is 207 g/mol. The third kappa shape index (κ3) is 4.32. The second kappa shape index (κ2) is 5.30. The molecule has 8 heavy (non-hydrogen) atoms. The fourth-order valence-electron chi connectivity index (χ4n) is 0.410. The van der Waals surface area contributed by atoms with Crippen molar-refractivity contribution in [1.29, 1.82) is 0 Å². The summed E-state index contributed by atoms with van der Waals surface area (Å²) in [7, 11) is 0. The molecule has 0 spiro atoms. The Balaban J connectivity index is 3.16. The van der Waals surface area contributed by atoms with Crippen LogP contribution in [0.15, 0.2) is 0 Å². The second-order valence-corrected chi connectivity index (χ2v) is 6.34. The molecule has 0 aliphatic carbocycles. The Hall–Kier alpha value is 0.159. The van der Waals surface area contributed by atoms with Crippen LogP contribution in [0.1, 0.15) is 19.8 Å². The van der Waals surface area contributed by atoms with Gasteiger partial charge in [-0.15, -0.1) is 0 Å². The molecule has 1 nitrogen and oxygen atoms in total. The minimum atomic E-state index is -2.40. The topological polar surface area (TPSA) is 17.1 Å². The van der Waals surface area contributed by atoms with Crippen molar-refractivity contribution < 1.29 is 3.08 Å². The van der Waals surface area contributed by atoms with Crippen LogP contribution in [0.5, 0.6) is 0 Å². The molecule has 0 saturated heterocycles. The maximum atomic E-state index is 10.6. The fourth-order valence-corrected chi connectivity index (χ4v) is 2.75. The van der Waals surface area contributed by atoms with Gasteiger partial charge in [0.05, 0.1) is 0 Å². The number of rotatable bonds is 3. The van der Waals surface area contributed by atoms with Crippen molar-refractivity contribution in [1.82, 2.24) is 0 Å². The van der Waals surface area contributed by atoms with E-state index in [-0.39, 0.29) is 0 Å². The van der Waals surface area contributed by atoms with Crippen LogP contribution in [0.4, 0.5) is 0 Å². The minimum absolute atomic E-state index is 0.829. The molecular formula is C6H10OSn. The molecule has 0 bridgehead atoms. The molecule has 0 aromatic carbocycles. The molecule has 2 heteroatoms. The van der Waals surface area contributed by atoms with E-state index in [1.165, 1.54) is 0 Å². The maximum absolute atomic E-state index is 10.6. The van der Waals surface area contributed by atoms with Crippen molar-refractivity contribution in [3.05, 3.63) is 0 Å². The van der Waals surface area contributed by atoms with Gasteiger partial charge in [-0.3, -0.25) is 0 Å². The van der Waals surface area contributed by atoms with E-state index in [0.717, 1.165) is 17.3 Å². The van der Waals surface area contributed by atoms with E-state index in [4.69, 9.17) is 6.42 Å². The summed E-state index contributed by atoms with van der Waals surface area (Å²) in [6, 6.07) is 0. The van der Waals surface area contributed by atoms with E-state index in [1.54, 1.807) is 0 Å². The van der Waals surface area contributed by atoms with E-state index in [0.29, 0.717) is 0 Å². The Kier molecular flexibility index (Phi) is 5.40. The van der Waals surface area contributed by atoms with Gasteiger partial charge in [-0.05, 0) is 0 Å². The summed E-state index contributed by atoms with van der Waals surface area (Å²) in [4.78, 5) is 0. The predicted molar refractivity (Wildman–Crippen MR) is 35.0 cm³/mol. The average Bonchev–Trinajstić information content (AvgIpc) is 1.83. The van der Waals surface area contributed by atoms with Crippen molar-refractivity contribution >= 4 is 19.7 Å². The van der Waals surface area contributed by atoms with Gasteiger partial charge in [0.1, 0.15) is 0 Å². The molecule has 0 atom stereocenters. The Morgan fingerprint density at radius 2 is 2.38 bits per heavy atom. The molecule has 0 aliphatic rings. The molecule has 0 aromatic heterocycles. The first-order chi connectivity index (χ1) is 3.81. The number of terminal acetylenes is 1. The average molecular weight is 217 g/mol. The molecule has 0 fully saturated rings. The summed E-state index contributed by atoms with van der Waals surface area (Å²) in [6.45, 7) is 2.08. The van der Waals surface area contributed by atoms with Gasteiger partial charge in [0, 0.05) is 0 Å². The molecule has 0 aromatic rings. The molecule has 0 saturated carbocycles. The van der Waals surface area contributed by atoms with Gasteiger partial charge in [-0.25, -0.2) is 0 Å². The van der Waals surface area contributed by atoms with E-state index >= 15 is 0 Å². The summed E-state index contributed by atoms with van der Waals surface area (Å²) in [5.41, 5.74) is 0. The van der Waals surface area contributed by atoms with Crippen LogP contribution in [0, 0.1) is 10.4 Å². The van der Waals surface area contributed by atoms with Crippen LogP contribution in [0.3, 0.4) is 0 Å². The van der Waals surface area contributed by atoms with Crippen LogP contribution >= 0.6 is 0 Å². The summed E-state index contributed by atoms with van der Waals surface area (Å²) < 4.78 is 13.8.